The first-order chi connectivity index (χ1) is 9.72. The maximum absolute atomic E-state index is 5.62. The van der Waals surface area contributed by atoms with Gasteiger partial charge in [0.25, 0.3) is 0 Å². The molecule has 0 amide bonds. The van der Waals surface area contributed by atoms with Crippen LogP contribution in [0, 0.1) is 6.92 Å². The van der Waals surface area contributed by atoms with E-state index >= 15 is 0 Å². The summed E-state index contributed by atoms with van der Waals surface area (Å²) in [6.45, 7) is 5.95. The van der Waals surface area contributed by atoms with E-state index in [1.165, 1.54) is 5.56 Å². The molecule has 3 rings (SSSR count). The molecule has 1 saturated heterocycles. The van der Waals surface area contributed by atoms with E-state index in [1.807, 2.05) is 24.5 Å². The lowest BCUT2D eigenvalue weighted by Gasteiger charge is -2.36. The zero-order chi connectivity index (χ0) is 13.9. The molecule has 1 fully saturated rings. The van der Waals surface area contributed by atoms with Crippen LogP contribution >= 0.6 is 0 Å². The van der Waals surface area contributed by atoms with Crippen molar-refractivity contribution in [2.75, 3.05) is 41.7 Å². The second kappa shape index (κ2) is 5.36. The van der Waals surface area contributed by atoms with Crippen LogP contribution in [0.2, 0.25) is 0 Å². The van der Waals surface area contributed by atoms with Crippen LogP contribution in [0.4, 0.5) is 17.3 Å². The van der Waals surface area contributed by atoms with Gasteiger partial charge in [0.1, 0.15) is 11.6 Å². The fourth-order valence-electron chi connectivity index (χ4n) is 2.43. The Bertz CT molecular complexity index is 502. The number of piperazine rings is 1. The van der Waals surface area contributed by atoms with Crippen molar-refractivity contribution in [3.8, 4) is 0 Å². The van der Waals surface area contributed by atoms with Crippen molar-refractivity contribution in [1.82, 2.24) is 9.97 Å². The molecule has 104 valence electrons. The van der Waals surface area contributed by atoms with E-state index in [0.717, 1.165) is 37.7 Å². The van der Waals surface area contributed by atoms with Gasteiger partial charge in [-0.05, 0) is 30.7 Å². The minimum Gasteiger partial charge on any atom is -0.384 e. The molecular weight excluding hydrogens is 250 g/mol. The number of aryl methyl sites for hydroxylation is 1. The highest BCUT2D eigenvalue weighted by Crippen LogP contribution is 2.19. The molecule has 1 aliphatic rings. The molecule has 1 aliphatic heterocycles. The lowest BCUT2D eigenvalue weighted by molar-refractivity contribution is 0.646. The average molecular weight is 269 g/mol. The molecule has 0 aromatic carbocycles. The monoisotopic (exact) mass is 269 g/mol. The highest BCUT2D eigenvalue weighted by Gasteiger charge is 2.18. The number of aromatic nitrogens is 2. The number of hydrogen-bond acceptors (Lipinski definition) is 5. The van der Waals surface area contributed by atoms with Crippen molar-refractivity contribution in [3.05, 3.63) is 42.2 Å². The first-order valence-electron chi connectivity index (χ1n) is 6.86. The Morgan fingerprint density at radius 3 is 2.25 bits per heavy atom. The number of rotatable bonds is 2. The molecule has 3 heterocycles. The normalized spacial score (nSPS) is 15.4. The molecule has 0 spiro atoms. The third-order valence-electron chi connectivity index (χ3n) is 3.64. The van der Waals surface area contributed by atoms with Crippen LogP contribution in [-0.4, -0.2) is 36.1 Å². The Labute approximate surface area is 119 Å². The predicted octanol–water partition coefficient (Wildman–Crippen LogP) is 1.69. The smallest absolute Gasteiger partial charge is 0.128 e. The fourth-order valence-corrected chi connectivity index (χ4v) is 2.43. The zero-order valence-electron chi connectivity index (χ0n) is 11.7. The fraction of sp³-hybridized carbons (Fsp3) is 0.333. The van der Waals surface area contributed by atoms with Crippen LogP contribution in [-0.2, 0) is 0 Å². The van der Waals surface area contributed by atoms with Crippen molar-refractivity contribution in [3.63, 3.8) is 0 Å². The van der Waals surface area contributed by atoms with Crippen LogP contribution in [0.1, 0.15) is 5.56 Å². The maximum atomic E-state index is 5.62. The summed E-state index contributed by atoms with van der Waals surface area (Å²) in [4.78, 5) is 13.3. The summed E-state index contributed by atoms with van der Waals surface area (Å²) in [5.74, 6) is 1.63. The summed E-state index contributed by atoms with van der Waals surface area (Å²) >= 11 is 0. The molecule has 0 radical (unpaired) electrons. The number of anilines is 3. The number of hydrogen-bond donors (Lipinski definition) is 1. The van der Waals surface area contributed by atoms with E-state index in [4.69, 9.17) is 5.73 Å². The van der Waals surface area contributed by atoms with E-state index in [1.54, 1.807) is 0 Å². The average Bonchev–Trinajstić information content (AvgIpc) is 2.49. The number of nitrogens with zero attached hydrogens (tertiary/aromatic N) is 4. The molecule has 5 heteroatoms. The Morgan fingerprint density at radius 2 is 1.65 bits per heavy atom. The third kappa shape index (κ3) is 2.66. The van der Waals surface area contributed by atoms with Crippen molar-refractivity contribution >= 4 is 17.3 Å². The summed E-state index contributed by atoms with van der Waals surface area (Å²) in [6.07, 6.45) is 3.76. The summed E-state index contributed by atoms with van der Waals surface area (Å²) in [7, 11) is 0. The van der Waals surface area contributed by atoms with Gasteiger partial charge in [0.15, 0.2) is 0 Å². The van der Waals surface area contributed by atoms with Gasteiger partial charge < -0.3 is 15.5 Å². The first-order valence-corrected chi connectivity index (χ1v) is 6.86. The van der Waals surface area contributed by atoms with Gasteiger partial charge in [-0.25, -0.2) is 9.97 Å². The molecule has 5 nitrogen and oxygen atoms in total. The summed E-state index contributed by atoms with van der Waals surface area (Å²) in [6, 6.07) is 8.08. The largest absolute Gasteiger partial charge is 0.384 e. The Morgan fingerprint density at radius 1 is 0.900 bits per heavy atom. The van der Waals surface area contributed by atoms with Crippen molar-refractivity contribution in [2.45, 2.75) is 6.92 Å². The van der Waals surface area contributed by atoms with Crippen LogP contribution < -0.4 is 15.5 Å². The van der Waals surface area contributed by atoms with E-state index in [2.05, 4.69) is 38.8 Å². The van der Waals surface area contributed by atoms with Gasteiger partial charge in [0.2, 0.25) is 0 Å². The molecule has 2 N–H and O–H groups in total. The van der Waals surface area contributed by atoms with Gasteiger partial charge in [0, 0.05) is 32.4 Å². The SMILES string of the molecule is Cc1ccc(N2CCN(c3ccc(N)nc3)CC2)nc1. The standard InChI is InChI=1S/C15H19N5/c1-12-2-5-15(18-10-12)20-8-6-19(7-9-20)13-3-4-14(16)17-11-13/h2-5,10-11H,6-9H2,1H3,(H2,16,17). The summed E-state index contributed by atoms with van der Waals surface area (Å²) in [5.41, 5.74) is 7.95. The van der Waals surface area contributed by atoms with Gasteiger partial charge >= 0.3 is 0 Å². The molecular formula is C15H19N5. The van der Waals surface area contributed by atoms with Crippen LogP contribution in [0.25, 0.3) is 0 Å². The molecule has 0 atom stereocenters. The number of nitrogen functional groups attached to an aromatic ring is 1. The van der Waals surface area contributed by atoms with Crippen molar-refractivity contribution in [1.29, 1.82) is 0 Å². The maximum Gasteiger partial charge on any atom is 0.128 e. The first kappa shape index (κ1) is 12.7. The predicted molar refractivity (Wildman–Crippen MR) is 82.0 cm³/mol. The molecule has 0 unspecified atom stereocenters. The van der Waals surface area contributed by atoms with E-state index in [-0.39, 0.29) is 0 Å². The molecule has 0 saturated carbocycles. The topological polar surface area (TPSA) is 58.3 Å². The highest BCUT2D eigenvalue weighted by molar-refractivity contribution is 5.50. The quantitative estimate of drug-likeness (QED) is 0.899. The van der Waals surface area contributed by atoms with Gasteiger partial charge in [-0.1, -0.05) is 6.07 Å². The highest BCUT2D eigenvalue weighted by atomic mass is 15.3. The second-order valence-electron chi connectivity index (χ2n) is 5.11. The Hall–Kier alpha value is -2.30. The number of pyridine rings is 2. The van der Waals surface area contributed by atoms with Crippen LogP contribution in [0.3, 0.4) is 0 Å². The minimum absolute atomic E-state index is 0.566. The zero-order valence-corrected chi connectivity index (χ0v) is 11.7. The molecule has 0 bridgehead atoms. The summed E-state index contributed by atoms with van der Waals surface area (Å²) < 4.78 is 0. The molecule has 2 aromatic rings. The Balaban J connectivity index is 1.64. The molecule has 0 aliphatic carbocycles. The lowest BCUT2D eigenvalue weighted by atomic mass is 10.2. The van der Waals surface area contributed by atoms with Gasteiger partial charge in [-0.3, -0.25) is 0 Å². The second-order valence-corrected chi connectivity index (χ2v) is 5.11. The lowest BCUT2D eigenvalue weighted by Crippen LogP contribution is -2.46. The van der Waals surface area contributed by atoms with Crippen molar-refractivity contribution in [2.24, 2.45) is 0 Å². The third-order valence-corrected chi connectivity index (χ3v) is 3.64. The van der Waals surface area contributed by atoms with Crippen LogP contribution in [0.5, 0.6) is 0 Å². The molecule has 2 aromatic heterocycles. The number of nitrogens with two attached hydrogens (primary N) is 1. The van der Waals surface area contributed by atoms with E-state index < -0.39 is 0 Å². The van der Waals surface area contributed by atoms with Crippen LogP contribution in [0.15, 0.2) is 36.7 Å². The minimum atomic E-state index is 0.566. The van der Waals surface area contributed by atoms with E-state index in [9.17, 15) is 0 Å². The Kier molecular flexibility index (Phi) is 3.41. The van der Waals surface area contributed by atoms with Crippen molar-refractivity contribution < 1.29 is 0 Å². The molecule has 20 heavy (non-hydrogen) atoms. The van der Waals surface area contributed by atoms with Gasteiger partial charge in [-0.15, -0.1) is 0 Å². The van der Waals surface area contributed by atoms with Gasteiger partial charge in [0.05, 0.1) is 11.9 Å². The summed E-state index contributed by atoms with van der Waals surface area (Å²) in [5, 5.41) is 0. The van der Waals surface area contributed by atoms with E-state index in [0.29, 0.717) is 5.82 Å². The van der Waals surface area contributed by atoms with Gasteiger partial charge in [-0.2, -0.15) is 0 Å².